The largest absolute Gasteiger partial charge is 0.295 e. The number of nitrogens with one attached hydrogen (secondary N) is 1. The second kappa shape index (κ2) is 3.82. The average molecular weight is 284 g/mol. The van der Waals surface area contributed by atoms with Gasteiger partial charge in [-0.05, 0) is 21.5 Å². The van der Waals surface area contributed by atoms with Crippen molar-refractivity contribution < 1.29 is 4.39 Å². The third-order valence-corrected chi connectivity index (χ3v) is 3.43. The number of fused-ring (bicyclic) bond motifs is 1. The zero-order valence-electron chi connectivity index (χ0n) is 8.48. The van der Waals surface area contributed by atoms with Gasteiger partial charge in [-0.1, -0.05) is 30.3 Å². The second-order valence-electron chi connectivity index (χ2n) is 4.03. The Labute approximate surface area is 101 Å². The normalized spacial score (nSPS) is 33.4. The van der Waals surface area contributed by atoms with Crippen LogP contribution in [0, 0.1) is 0 Å². The molecule has 84 valence electrons. The van der Waals surface area contributed by atoms with E-state index in [0.29, 0.717) is 11.2 Å². The third-order valence-electron chi connectivity index (χ3n) is 3.04. The molecular formula is C11H11BrFN3. The summed E-state index contributed by atoms with van der Waals surface area (Å²) in [4.78, 5) is 4.18. The summed E-state index contributed by atoms with van der Waals surface area (Å²) < 4.78 is 14.4. The van der Waals surface area contributed by atoms with Gasteiger partial charge in [-0.25, -0.2) is 9.38 Å². The van der Waals surface area contributed by atoms with Gasteiger partial charge in [-0.3, -0.25) is 5.43 Å². The highest BCUT2D eigenvalue weighted by Crippen LogP contribution is 2.39. The van der Waals surface area contributed by atoms with E-state index < -0.39 is 6.17 Å². The standard InChI is InChI=1S/C11H11BrFN3/c12-11-14-10-8(13)6-9(16(10)15-11)7-4-2-1-3-5-7/h1-5,8-10H,6H2,(H,14,15)/t8-,9-,10?/m0/s1. The van der Waals surface area contributed by atoms with Crippen LogP contribution in [-0.2, 0) is 0 Å². The summed E-state index contributed by atoms with van der Waals surface area (Å²) in [5.74, 6) is 0. The summed E-state index contributed by atoms with van der Waals surface area (Å²) in [6.45, 7) is 0. The van der Waals surface area contributed by atoms with Crippen LogP contribution in [0.4, 0.5) is 4.39 Å². The van der Waals surface area contributed by atoms with Crippen LogP contribution in [0.1, 0.15) is 18.0 Å². The Kier molecular flexibility index (Phi) is 2.44. The van der Waals surface area contributed by atoms with Crippen molar-refractivity contribution in [1.29, 1.82) is 0 Å². The van der Waals surface area contributed by atoms with Gasteiger partial charge in [0.15, 0.2) is 10.9 Å². The van der Waals surface area contributed by atoms with E-state index in [4.69, 9.17) is 0 Å². The molecule has 1 aromatic rings. The number of nitrogens with zero attached hydrogens (tertiary/aromatic N) is 2. The minimum absolute atomic E-state index is 0.0556. The monoisotopic (exact) mass is 283 g/mol. The van der Waals surface area contributed by atoms with Crippen LogP contribution in [0.25, 0.3) is 0 Å². The molecule has 0 aliphatic carbocycles. The molecule has 1 N–H and O–H groups in total. The Morgan fingerprint density at radius 1 is 1.38 bits per heavy atom. The van der Waals surface area contributed by atoms with Crippen LogP contribution in [0.2, 0.25) is 0 Å². The van der Waals surface area contributed by atoms with Gasteiger partial charge in [0.05, 0.1) is 6.04 Å². The van der Waals surface area contributed by atoms with Gasteiger partial charge in [-0.2, -0.15) is 5.01 Å². The van der Waals surface area contributed by atoms with Gasteiger partial charge in [0.2, 0.25) is 0 Å². The molecule has 2 aliphatic heterocycles. The lowest BCUT2D eigenvalue weighted by molar-refractivity contribution is 0.160. The first-order valence-electron chi connectivity index (χ1n) is 5.23. The van der Waals surface area contributed by atoms with Crippen molar-refractivity contribution in [2.75, 3.05) is 0 Å². The van der Waals surface area contributed by atoms with Crippen LogP contribution in [-0.4, -0.2) is 22.1 Å². The average Bonchev–Trinajstić information content (AvgIpc) is 2.80. The Hall–Kier alpha value is -0.940. The maximum absolute atomic E-state index is 13.8. The molecule has 0 bridgehead atoms. The summed E-state index contributed by atoms with van der Waals surface area (Å²) in [7, 11) is 0. The predicted molar refractivity (Wildman–Crippen MR) is 63.8 cm³/mol. The van der Waals surface area contributed by atoms with Gasteiger partial charge in [0.1, 0.15) is 6.17 Å². The van der Waals surface area contributed by atoms with Gasteiger partial charge in [-0.15, -0.1) is 0 Å². The molecule has 1 fully saturated rings. The molecule has 2 aliphatic rings. The van der Waals surface area contributed by atoms with E-state index >= 15 is 0 Å². The van der Waals surface area contributed by atoms with Crippen molar-refractivity contribution in [3.05, 3.63) is 35.9 Å². The van der Waals surface area contributed by atoms with Crippen molar-refractivity contribution in [3.63, 3.8) is 0 Å². The fourth-order valence-corrected chi connectivity index (χ4v) is 2.73. The number of aliphatic imine (C=N–C) groups is 1. The maximum Gasteiger partial charge on any atom is 0.182 e. The van der Waals surface area contributed by atoms with Crippen molar-refractivity contribution >= 4 is 20.7 Å². The second-order valence-corrected chi connectivity index (χ2v) is 4.78. The lowest BCUT2D eigenvalue weighted by atomic mass is 10.1. The molecule has 1 saturated heterocycles. The first-order chi connectivity index (χ1) is 7.75. The lowest BCUT2D eigenvalue weighted by Gasteiger charge is -2.22. The molecule has 16 heavy (non-hydrogen) atoms. The Morgan fingerprint density at radius 2 is 2.12 bits per heavy atom. The minimum atomic E-state index is -0.909. The molecule has 1 unspecified atom stereocenters. The number of hydrogen-bond acceptors (Lipinski definition) is 3. The smallest absolute Gasteiger partial charge is 0.182 e. The highest BCUT2D eigenvalue weighted by atomic mass is 79.9. The SMILES string of the molecule is F[C@H]1C[C@@H](c2ccccc2)N2NC(Br)=NC12. The van der Waals surface area contributed by atoms with Crippen LogP contribution in [0.5, 0.6) is 0 Å². The molecule has 0 aromatic heterocycles. The van der Waals surface area contributed by atoms with Crippen molar-refractivity contribution in [1.82, 2.24) is 10.4 Å². The van der Waals surface area contributed by atoms with Crippen LogP contribution in [0.3, 0.4) is 0 Å². The Morgan fingerprint density at radius 3 is 2.88 bits per heavy atom. The van der Waals surface area contributed by atoms with Crippen molar-refractivity contribution in [2.24, 2.45) is 4.99 Å². The van der Waals surface area contributed by atoms with Crippen LogP contribution < -0.4 is 5.43 Å². The van der Waals surface area contributed by atoms with Gasteiger partial charge < -0.3 is 0 Å². The summed E-state index contributed by atoms with van der Waals surface area (Å²) in [6.07, 6.45) is -0.807. The fraction of sp³-hybridized carbons (Fsp3) is 0.364. The molecule has 0 amide bonds. The summed E-state index contributed by atoms with van der Waals surface area (Å²) in [5, 5.41) is 1.88. The lowest BCUT2D eigenvalue weighted by Crippen LogP contribution is -2.38. The first-order valence-corrected chi connectivity index (χ1v) is 6.02. The Bertz CT molecular complexity index is 422. The van der Waals surface area contributed by atoms with Gasteiger partial charge in [0, 0.05) is 6.42 Å². The highest BCUT2D eigenvalue weighted by Gasteiger charge is 2.45. The summed E-state index contributed by atoms with van der Waals surface area (Å²) >= 11 is 3.25. The molecule has 3 atom stereocenters. The quantitative estimate of drug-likeness (QED) is 0.802. The summed E-state index contributed by atoms with van der Waals surface area (Å²) in [5.41, 5.74) is 4.18. The van der Waals surface area contributed by atoms with Crippen molar-refractivity contribution in [2.45, 2.75) is 24.8 Å². The van der Waals surface area contributed by atoms with E-state index in [-0.39, 0.29) is 12.2 Å². The maximum atomic E-state index is 13.8. The highest BCUT2D eigenvalue weighted by molar-refractivity contribution is 9.18. The molecule has 1 aromatic carbocycles. The number of halogens is 2. The molecule has 3 nitrogen and oxygen atoms in total. The number of amidine groups is 1. The van der Waals surface area contributed by atoms with E-state index in [1.54, 1.807) is 0 Å². The van der Waals surface area contributed by atoms with Gasteiger partial charge >= 0.3 is 0 Å². The molecule has 0 spiro atoms. The third kappa shape index (κ3) is 1.55. The topological polar surface area (TPSA) is 27.6 Å². The minimum Gasteiger partial charge on any atom is -0.295 e. The Balaban J connectivity index is 1.90. The van der Waals surface area contributed by atoms with Crippen LogP contribution in [0.15, 0.2) is 35.3 Å². The molecule has 0 saturated carbocycles. The number of alkyl halides is 1. The molecular weight excluding hydrogens is 273 g/mol. The van der Waals surface area contributed by atoms with Crippen molar-refractivity contribution in [3.8, 4) is 0 Å². The number of benzene rings is 1. The van der Waals surface area contributed by atoms with E-state index in [9.17, 15) is 4.39 Å². The van der Waals surface area contributed by atoms with E-state index in [2.05, 4.69) is 26.3 Å². The molecule has 0 radical (unpaired) electrons. The van der Waals surface area contributed by atoms with Gasteiger partial charge in [0.25, 0.3) is 0 Å². The number of hydrazine groups is 1. The summed E-state index contributed by atoms with van der Waals surface area (Å²) in [6, 6.07) is 10.0. The van der Waals surface area contributed by atoms with E-state index in [1.165, 1.54) is 0 Å². The molecule has 2 heterocycles. The zero-order valence-corrected chi connectivity index (χ0v) is 10.1. The van der Waals surface area contributed by atoms with Crippen LogP contribution >= 0.6 is 15.9 Å². The molecule has 3 rings (SSSR count). The number of rotatable bonds is 1. The van der Waals surface area contributed by atoms with E-state index in [0.717, 1.165) is 5.56 Å². The number of hydrogen-bond donors (Lipinski definition) is 1. The van der Waals surface area contributed by atoms with E-state index in [1.807, 2.05) is 35.3 Å². The zero-order chi connectivity index (χ0) is 11.1. The molecule has 5 heteroatoms. The fourth-order valence-electron chi connectivity index (χ4n) is 2.32. The first kappa shape index (κ1) is 10.2. The predicted octanol–water partition coefficient (Wildman–Crippen LogP) is 2.37.